The number of aliphatic imine (C=N–C) groups is 1. The molecule has 8 nitrogen and oxygen atoms in total. The molecule has 2 amide bonds. The Kier molecular flexibility index (Phi) is 11.2. The average Bonchev–Trinajstić information content (AvgIpc) is 3.65. The van der Waals surface area contributed by atoms with Gasteiger partial charge in [-0.2, -0.15) is 0 Å². The van der Waals surface area contributed by atoms with Crippen molar-refractivity contribution in [2.45, 2.75) is 51.2 Å². The molecular weight excluding hydrogens is 607 g/mol. The molecule has 10 heteroatoms. The van der Waals surface area contributed by atoms with E-state index in [1.54, 1.807) is 0 Å². The van der Waals surface area contributed by atoms with Crippen LogP contribution in [-0.2, 0) is 16.1 Å². The highest BCUT2D eigenvalue weighted by atomic mass is 35.5. The van der Waals surface area contributed by atoms with E-state index in [9.17, 15) is 9.59 Å². The summed E-state index contributed by atoms with van der Waals surface area (Å²) in [6.45, 7) is 8.64. The molecule has 45 heavy (non-hydrogen) atoms. The van der Waals surface area contributed by atoms with Gasteiger partial charge < -0.3 is 21.3 Å². The molecule has 1 aromatic heterocycles. The lowest BCUT2D eigenvalue weighted by atomic mass is 9.98. The van der Waals surface area contributed by atoms with Gasteiger partial charge in [0.1, 0.15) is 0 Å². The lowest BCUT2D eigenvalue weighted by Crippen LogP contribution is -2.36. The van der Waals surface area contributed by atoms with Crippen LogP contribution in [0.1, 0.15) is 43.7 Å². The highest BCUT2D eigenvalue weighted by Crippen LogP contribution is 2.41. The molecule has 0 saturated carbocycles. The van der Waals surface area contributed by atoms with Crippen molar-refractivity contribution in [3.05, 3.63) is 93.6 Å². The summed E-state index contributed by atoms with van der Waals surface area (Å²) < 4.78 is 0. The Morgan fingerprint density at radius 2 is 1.56 bits per heavy atom. The second kappa shape index (κ2) is 15.5. The molecule has 2 fully saturated rings. The minimum absolute atomic E-state index is 0.120. The van der Waals surface area contributed by atoms with Gasteiger partial charge in [-0.05, 0) is 44.2 Å². The monoisotopic (exact) mass is 644 g/mol. The van der Waals surface area contributed by atoms with Crippen molar-refractivity contribution in [3.8, 4) is 22.4 Å². The standard InChI is InChI=1S/C35H38Cl2N6O2/c1-22(17-39-20-24-11-15-32(44)42-24)9-13-30(38-2)28-7-3-5-26(34(28)36)27-6-4-8-29(35(27)37)31-14-10-23(19-41-31)18-40-21-25-12-16-33(45)43-25/h3-10,13-14,19,24-25,39-40H,2,11-12,15-18,20-21H2,1H3,(H,42,44)(H,43,45)/b22-9+,30-13-/t24-,25-/m0/s1. The minimum Gasteiger partial charge on any atom is -0.352 e. The number of pyridine rings is 1. The number of rotatable bonds is 13. The molecule has 3 heterocycles. The van der Waals surface area contributed by atoms with Crippen molar-refractivity contribution in [2.75, 3.05) is 19.6 Å². The predicted octanol–water partition coefficient (Wildman–Crippen LogP) is 5.95. The van der Waals surface area contributed by atoms with Gasteiger partial charge in [0.15, 0.2) is 0 Å². The zero-order chi connectivity index (χ0) is 31.8. The van der Waals surface area contributed by atoms with E-state index in [-0.39, 0.29) is 23.9 Å². The topological polar surface area (TPSA) is 108 Å². The van der Waals surface area contributed by atoms with Crippen molar-refractivity contribution >= 4 is 47.4 Å². The second-order valence-corrected chi connectivity index (χ2v) is 12.2. The van der Waals surface area contributed by atoms with E-state index in [2.05, 4.69) is 38.0 Å². The van der Waals surface area contributed by atoms with Crippen LogP contribution in [0, 0.1) is 0 Å². The second-order valence-electron chi connectivity index (χ2n) is 11.5. The summed E-state index contributed by atoms with van der Waals surface area (Å²) in [5.74, 6) is 0.240. The zero-order valence-corrected chi connectivity index (χ0v) is 26.8. The van der Waals surface area contributed by atoms with Gasteiger partial charge in [-0.25, -0.2) is 0 Å². The van der Waals surface area contributed by atoms with Gasteiger partial charge in [0, 0.05) is 79.6 Å². The van der Waals surface area contributed by atoms with E-state index in [1.807, 2.05) is 73.8 Å². The third-order valence-corrected chi connectivity index (χ3v) is 8.86. The molecule has 2 aliphatic heterocycles. The van der Waals surface area contributed by atoms with Crippen LogP contribution in [0.2, 0.25) is 10.0 Å². The number of amides is 2. The quantitative estimate of drug-likeness (QED) is 0.136. The SMILES string of the molecule is C=N/C(=C\C=C(/C)CNC[C@@H]1CCC(=O)N1)c1cccc(-c2cccc(-c3ccc(CNC[C@@H]4CCC(=O)N4)cn3)c2Cl)c1Cl. The van der Waals surface area contributed by atoms with Crippen LogP contribution < -0.4 is 21.3 Å². The van der Waals surface area contributed by atoms with Gasteiger partial charge in [-0.3, -0.25) is 19.6 Å². The Bertz CT molecular complexity index is 1620. The predicted molar refractivity (Wildman–Crippen MR) is 183 cm³/mol. The molecule has 234 valence electrons. The van der Waals surface area contributed by atoms with E-state index in [0.717, 1.165) is 65.0 Å². The molecule has 0 spiro atoms. The van der Waals surface area contributed by atoms with Crippen molar-refractivity contribution in [1.29, 1.82) is 0 Å². The Hall–Kier alpha value is -3.82. The van der Waals surface area contributed by atoms with Crippen LogP contribution in [0.25, 0.3) is 28.1 Å². The highest BCUT2D eigenvalue weighted by molar-refractivity contribution is 6.38. The van der Waals surface area contributed by atoms with E-state index in [4.69, 9.17) is 23.2 Å². The number of carbonyl (C=O) groups excluding carboxylic acids is 2. The summed E-state index contributed by atoms with van der Waals surface area (Å²) in [7, 11) is 0. The summed E-state index contributed by atoms with van der Waals surface area (Å²) in [4.78, 5) is 31.8. The zero-order valence-electron chi connectivity index (χ0n) is 25.3. The van der Waals surface area contributed by atoms with Crippen molar-refractivity contribution in [3.63, 3.8) is 0 Å². The number of allylic oxidation sites excluding steroid dienone is 2. The van der Waals surface area contributed by atoms with Gasteiger partial charge >= 0.3 is 0 Å². The fraction of sp³-hybridized carbons (Fsp3) is 0.314. The van der Waals surface area contributed by atoms with Crippen LogP contribution in [-0.4, -0.2) is 55.2 Å². The molecular formula is C35H38Cl2N6O2. The molecule has 2 aliphatic rings. The third-order valence-electron chi connectivity index (χ3n) is 8.04. The van der Waals surface area contributed by atoms with Crippen LogP contribution >= 0.6 is 23.2 Å². The molecule has 0 bridgehead atoms. The molecule has 0 radical (unpaired) electrons. The lowest BCUT2D eigenvalue weighted by Gasteiger charge is -2.14. The molecule has 5 rings (SSSR count). The van der Waals surface area contributed by atoms with E-state index >= 15 is 0 Å². The van der Waals surface area contributed by atoms with E-state index in [0.29, 0.717) is 41.7 Å². The molecule has 3 aromatic rings. The fourth-order valence-electron chi connectivity index (χ4n) is 5.57. The third kappa shape index (κ3) is 8.47. The van der Waals surface area contributed by atoms with Crippen LogP contribution in [0.15, 0.2) is 77.4 Å². The first-order valence-electron chi connectivity index (χ1n) is 15.2. The van der Waals surface area contributed by atoms with Crippen LogP contribution in [0.5, 0.6) is 0 Å². The lowest BCUT2D eigenvalue weighted by molar-refractivity contribution is -0.120. The first-order chi connectivity index (χ1) is 21.8. The molecule has 0 unspecified atom stereocenters. The number of aromatic nitrogens is 1. The summed E-state index contributed by atoms with van der Waals surface area (Å²) >= 11 is 14.0. The molecule has 2 atom stereocenters. The number of hydrogen-bond donors (Lipinski definition) is 4. The van der Waals surface area contributed by atoms with Crippen LogP contribution in [0.4, 0.5) is 0 Å². The molecule has 4 N–H and O–H groups in total. The Balaban J connectivity index is 1.27. The number of halogens is 2. The summed E-state index contributed by atoms with van der Waals surface area (Å²) in [5.41, 5.74) is 6.72. The first-order valence-corrected chi connectivity index (χ1v) is 16.0. The Morgan fingerprint density at radius 1 is 0.911 bits per heavy atom. The molecule has 2 saturated heterocycles. The minimum atomic E-state index is 0.120. The number of hydrogen-bond acceptors (Lipinski definition) is 6. The Labute approximate surface area is 274 Å². The first kappa shape index (κ1) is 32.6. The van der Waals surface area contributed by atoms with Gasteiger partial charge in [0.05, 0.1) is 21.4 Å². The molecule has 2 aromatic carbocycles. The van der Waals surface area contributed by atoms with Gasteiger partial charge in [0.25, 0.3) is 0 Å². The summed E-state index contributed by atoms with van der Waals surface area (Å²) in [5, 5.41) is 13.8. The van der Waals surface area contributed by atoms with Crippen molar-refractivity contribution < 1.29 is 9.59 Å². The van der Waals surface area contributed by atoms with Crippen LogP contribution in [0.3, 0.4) is 0 Å². The maximum Gasteiger partial charge on any atom is 0.220 e. The largest absolute Gasteiger partial charge is 0.352 e. The fourth-order valence-corrected chi connectivity index (χ4v) is 6.22. The normalized spacial score (nSPS) is 18.6. The van der Waals surface area contributed by atoms with Gasteiger partial charge in [-0.15, -0.1) is 0 Å². The number of benzene rings is 2. The molecule has 0 aliphatic carbocycles. The maximum atomic E-state index is 11.4. The number of nitrogens with one attached hydrogen (secondary N) is 4. The summed E-state index contributed by atoms with van der Waals surface area (Å²) in [6.07, 6.45) is 8.68. The van der Waals surface area contributed by atoms with Gasteiger partial charge in [-0.1, -0.05) is 77.3 Å². The van der Waals surface area contributed by atoms with Gasteiger partial charge in [0.2, 0.25) is 11.8 Å². The number of nitrogens with zero attached hydrogens (tertiary/aromatic N) is 2. The van der Waals surface area contributed by atoms with Crippen molar-refractivity contribution in [2.24, 2.45) is 4.99 Å². The van der Waals surface area contributed by atoms with Crippen molar-refractivity contribution in [1.82, 2.24) is 26.3 Å². The average molecular weight is 646 g/mol. The maximum absolute atomic E-state index is 11.4. The summed E-state index contributed by atoms with van der Waals surface area (Å²) in [6, 6.07) is 16.0. The highest BCUT2D eigenvalue weighted by Gasteiger charge is 2.21. The van der Waals surface area contributed by atoms with E-state index < -0.39 is 0 Å². The smallest absolute Gasteiger partial charge is 0.220 e. The number of carbonyl (C=O) groups is 2. The Morgan fingerprint density at radius 3 is 2.18 bits per heavy atom. The van der Waals surface area contributed by atoms with E-state index in [1.165, 1.54) is 0 Å².